The molecule has 0 aliphatic heterocycles. The quantitative estimate of drug-likeness (QED) is 0.177. The van der Waals surface area contributed by atoms with Gasteiger partial charge in [0.05, 0.1) is 28.8 Å². The number of benzene rings is 3. The molecule has 42 heavy (non-hydrogen) atoms. The highest BCUT2D eigenvalue weighted by Crippen LogP contribution is 2.32. The normalized spacial score (nSPS) is 13.2. The van der Waals surface area contributed by atoms with Crippen molar-refractivity contribution in [2.75, 3.05) is 11.9 Å². The van der Waals surface area contributed by atoms with Crippen LogP contribution < -0.4 is 10.9 Å². The lowest BCUT2D eigenvalue weighted by molar-refractivity contribution is -0.150. The van der Waals surface area contributed by atoms with E-state index in [1.807, 2.05) is 5.32 Å². The number of ether oxygens (including phenoxy) is 1. The van der Waals surface area contributed by atoms with Crippen molar-refractivity contribution in [1.29, 1.82) is 0 Å². The average Bonchev–Trinajstić information content (AvgIpc) is 2.95. The van der Waals surface area contributed by atoms with Crippen LogP contribution in [0.3, 0.4) is 0 Å². The monoisotopic (exact) mass is 577 g/mol. The number of H-pyrrole nitrogens is 1. The molecule has 0 fully saturated rings. The van der Waals surface area contributed by atoms with E-state index in [1.54, 1.807) is 12.1 Å². The number of aromatic amines is 1. The largest absolute Gasteiger partial charge is 0.465 e. The fraction of sp³-hybridized carbons (Fsp3) is 0.138. The van der Waals surface area contributed by atoms with Gasteiger partial charge in [0.2, 0.25) is 5.78 Å². The number of alkyl halides is 3. The van der Waals surface area contributed by atoms with Gasteiger partial charge in [-0.2, -0.15) is 13.2 Å². The Morgan fingerprint density at radius 2 is 1.62 bits per heavy atom. The van der Waals surface area contributed by atoms with Crippen molar-refractivity contribution in [3.05, 3.63) is 105 Å². The third-order valence-corrected chi connectivity index (χ3v) is 6.51. The molecule has 13 heteroatoms. The number of esters is 1. The third-order valence-electron chi connectivity index (χ3n) is 6.51. The van der Waals surface area contributed by atoms with Gasteiger partial charge >= 0.3 is 12.1 Å². The van der Waals surface area contributed by atoms with E-state index < -0.39 is 58.1 Å². The molecule has 10 nitrogen and oxygen atoms in total. The van der Waals surface area contributed by atoms with Crippen molar-refractivity contribution in [3.8, 4) is 0 Å². The lowest BCUT2D eigenvalue weighted by atomic mass is 9.83. The van der Waals surface area contributed by atoms with E-state index in [1.165, 1.54) is 31.2 Å². The summed E-state index contributed by atoms with van der Waals surface area (Å²) in [5, 5.41) is 2.00. The summed E-state index contributed by atoms with van der Waals surface area (Å²) in [6.45, 7) is 1.17. The fourth-order valence-electron chi connectivity index (χ4n) is 4.61. The van der Waals surface area contributed by atoms with Gasteiger partial charge in [-0.25, -0.2) is 4.98 Å². The zero-order valence-corrected chi connectivity index (χ0v) is 21.5. The Morgan fingerprint density at radius 3 is 2.29 bits per heavy atom. The molecule has 4 aromatic rings. The van der Waals surface area contributed by atoms with Gasteiger partial charge < -0.3 is 15.0 Å². The number of halogens is 3. The molecular formula is C29H18F3N3O7. The standard InChI is InChI=1S/C29H18F3N3O7/c1-2-42-28(41)20(25(38)27(40)33-14-7-5-6-13(12-14)29(30,31)32)22-26(39)35-21-18(34-22)11-10-17-19(21)24(37)16-9-4-3-8-15(16)23(17)36/h3-12,20H,2H2,1H3,(H,33,40)(H,35,39)/t20-/m1/s1. The summed E-state index contributed by atoms with van der Waals surface area (Å²) < 4.78 is 44.1. The molecule has 212 valence electrons. The van der Waals surface area contributed by atoms with Crippen molar-refractivity contribution in [1.82, 2.24) is 9.97 Å². The second kappa shape index (κ2) is 10.5. The topological polar surface area (TPSA) is 152 Å². The number of carbonyl (C=O) groups is 5. The number of anilines is 1. The molecule has 0 saturated carbocycles. The Bertz CT molecular complexity index is 1900. The second-order valence-corrected chi connectivity index (χ2v) is 9.12. The maximum Gasteiger partial charge on any atom is 0.416 e. The predicted molar refractivity (Wildman–Crippen MR) is 140 cm³/mol. The van der Waals surface area contributed by atoms with Crippen molar-refractivity contribution in [3.63, 3.8) is 0 Å². The number of ketones is 3. The van der Waals surface area contributed by atoms with Crippen LogP contribution in [-0.2, 0) is 25.3 Å². The Hall–Kier alpha value is -5.46. The van der Waals surface area contributed by atoms with Gasteiger partial charge in [-0.15, -0.1) is 0 Å². The van der Waals surface area contributed by atoms with E-state index in [9.17, 15) is 41.9 Å². The molecule has 1 amide bonds. The van der Waals surface area contributed by atoms with Crippen LogP contribution in [0.2, 0.25) is 0 Å². The van der Waals surface area contributed by atoms with Crippen LogP contribution >= 0.6 is 0 Å². The van der Waals surface area contributed by atoms with Crippen molar-refractivity contribution >= 4 is 45.9 Å². The molecule has 0 spiro atoms. The van der Waals surface area contributed by atoms with E-state index >= 15 is 0 Å². The molecule has 1 heterocycles. The number of fused-ring (bicyclic) bond motifs is 4. The molecule has 1 aliphatic carbocycles. The first-order valence-electron chi connectivity index (χ1n) is 12.4. The first-order chi connectivity index (χ1) is 19.9. The van der Waals surface area contributed by atoms with Gasteiger partial charge in [-0.05, 0) is 37.3 Å². The lowest BCUT2D eigenvalue weighted by Gasteiger charge is -2.19. The van der Waals surface area contributed by atoms with Crippen molar-refractivity contribution in [2.24, 2.45) is 0 Å². The summed E-state index contributed by atoms with van der Waals surface area (Å²) in [7, 11) is 0. The minimum atomic E-state index is -4.73. The number of amides is 1. The lowest BCUT2D eigenvalue weighted by Crippen LogP contribution is -2.37. The van der Waals surface area contributed by atoms with E-state index in [-0.39, 0.29) is 45.6 Å². The van der Waals surface area contributed by atoms with Crippen LogP contribution in [0.5, 0.6) is 0 Å². The van der Waals surface area contributed by atoms with Gasteiger partial charge in [0.15, 0.2) is 17.5 Å². The first-order valence-corrected chi connectivity index (χ1v) is 12.4. The zero-order valence-electron chi connectivity index (χ0n) is 21.5. The van der Waals surface area contributed by atoms with Crippen molar-refractivity contribution < 1.29 is 41.9 Å². The van der Waals surface area contributed by atoms with Gasteiger partial charge in [-0.3, -0.25) is 28.8 Å². The number of nitrogens with one attached hydrogen (secondary N) is 2. The number of aromatic nitrogens is 2. The highest BCUT2D eigenvalue weighted by atomic mass is 19.4. The fourth-order valence-corrected chi connectivity index (χ4v) is 4.61. The Labute approximate surface area is 233 Å². The molecule has 0 unspecified atom stereocenters. The van der Waals surface area contributed by atoms with Crippen LogP contribution in [-0.4, -0.2) is 45.8 Å². The van der Waals surface area contributed by atoms with E-state index in [0.717, 1.165) is 18.2 Å². The van der Waals surface area contributed by atoms with E-state index in [0.29, 0.717) is 6.07 Å². The number of rotatable bonds is 6. The third kappa shape index (κ3) is 4.85. The summed E-state index contributed by atoms with van der Waals surface area (Å²) in [6, 6.07) is 12.2. The zero-order chi connectivity index (χ0) is 30.3. The van der Waals surface area contributed by atoms with Crippen LogP contribution in [0, 0.1) is 0 Å². The SMILES string of the molecule is CCOC(=O)[C@@H](C(=O)C(=O)Nc1cccc(C(F)(F)F)c1)c1nc2ccc3c(c2[nH]c1=O)C(=O)c1ccccc1C3=O. The molecule has 0 radical (unpaired) electrons. The van der Waals surface area contributed by atoms with Gasteiger partial charge in [0, 0.05) is 22.4 Å². The van der Waals surface area contributed by atoms with E-state index in [4.69, 9.17) is 4.74 Å². The Balaban J connectivity index is 1.56. The van der Waals surface area contributed by atoms with Crippen LogP contribution in [0.25, 0.3) is 11.0 Å². The van der Waals surface area contributed by atoms with E-state index in [2.05, 4.69) is 9.97 Å². The molecule has 0 bridgehead atoms. The molecule has 5 rings (SSSR count). The Morgan fingerprint density at radius 1 is 0.929 bits per heavy atom. The number of hydrogen-bond donors (Lipinski definition) is 2. The molecule has 3 aromatic carbocycles. The minimum absolute atomic E-state index is 0.00915. The summed E-state index contributed by atoms with van der Waals surface area (Å²) in [5.74, 6) is -7.56. The second-order valence-electron chi connectivity index (χ2n) is 9.12. The molecule has 0 saturated heterocycles. The summed E-state index contributed by atoms with van der Waals surface area (Å²) in [6.07, 6.45) is -4.73. The highest BCUT2D eigenvalue weighted by molar-refractivity contribution is 6.45. The Kier molecular flexibility index (Phi) is 7.02. The number of Topliss-reactive ketones (excluding diaryl/α,β-unsaturated/α-hetero) is 1. The van der Waals surface area contributed by atoms with Crippen molar-refractivity contribution in [2.45, 2.75) is 19.0 Å². The summed E-state index contributed by atoms with van der Waals surface area (Å²) >= 11 is 0. The summed E-state index contributed by atoms with van der Waals surface area (Å²) in [5.41, 5.74) is -3.40. The van der Waals surface area contributed by atoms with Crippen LogP contribution in [0.15, 0.2) is 65.5 Å². The summed E-state index contributed by atoms with van der Waals surface area (Å²) in [4.78, 5) is 84.8. The number of hydrogen-bond acceptors (Lipinski definition) is 8. The maximum absolute atomic E-state index is 13.3. The highest BCUT2D eigenvalue weighted by Gasteiger charge is 2.39. The molecule has 1 aromatic heterocycles. The van der Waals surface area contributed by atoms with Crippen LogP contribution in [0.1, 0.15) is 55.9 Å². The van der Waals surface area contributed by atoms with Gasteiger partial charge in [0.1, 0.15) is 5.69 Å². The minimum Gasteiger partial charge on any atom is -0.465 e. The first kappa shape index (κ1) is 28.1. The van der Waals surface area contributed by atoms with Crippen LogP contribution in [0.4, 0.5) is 18.9 Å². The molecule has 2 N–H and O–H groups in total. The van der Waals surface area contributed by atoms with Gasteiger partial charge in [0.25, 0.3) is 11.5 Å². The molecular weight excluding hydrogens is 559 g/mol. The number of nitrogens with zero attached hydrogens (tertiary/aromatic N) is 1. The molecule has 1 aliphatic rings. The molecule has 1 atom stereocenters. The number of carbonyl (C=O) groups excluding carboxylic acids is 5. The van der Waals surface area contributed by atoms with Gasteiger partial charge in [-0.1, -0.05) is 30.3 Å². The smallest absolute Gasteiger partial charge is 0.416 e. The predicted octanol–water partition coefficient (Wildman–Crippen LogP) is 3.57. The maximum atomic E-state index is 13.3. The average molecular weight is 577 g/mol.